The van der Waals surface area contributed by atoms with Crippen LogP contribution in [0.2, 0.25) is 0 Å². The molecule has 0 bridgehead atoms. The van der Waals surface area contributed by atoms with Crippen LogP contribution in [0.25, 0.3) is 0 Å². The van der Waals surface area contributed by atoms with Gasteiger partial charge in [-0.25, -0.2) is 0 Å². The van der Waals surface area contributed by atoms with E-state index in [1.165, 1.54) is 0 Å². The Labute approximate surface area is 110 Å². The van der Waals surface area contributed by atoms with Crippen molar-refractivity contribution in [3.05, 3.63) is 27.8 Å². The van der Waals surface area contributed by atoms with Crippen LogP contribution in [-0.4, -0.2) is 12.5 Å². The predicted molar refractivity (Wildman–Crippen MR) is 75.2 cm³/mol. The Bertz CT molecular complexity index is 366. The number of hydrogen-bond acceptors (Lipinski definition) is 2. The first-order chi connectivity index (χ1) is 7.54. The molecular formula is C12H17IN2O. The minimum absolute atomic E-state index is 0.000463. The van der Waals surface area contributed by atoms with Gasteiger partial charge in [0.05, 0.1) is 5.92 Å². The quantitative estimate of drug-likeness (QED) is 0.833. The Hall–Kier alpha value is -0.620. The molecule has 0 fully saturated rings. The fourth-order valence-electron chi connectivity index (χ4n) is 1.48. The molecule has 3 N–H and O–H groups in total. The zero-order chi connectivity index (χ0) is 12.1. The second-order valence-corrected chi connectivity index (χ2v) is 5.33. The van der Waals surface area contributed by atoms with E-state index in [1.54, 1.807) is 0 Å². The van der Waals surface area contributed by atoms with Crippen molar-refractivity contribution < 1.29 is 4.79 Å². The summed E-state index contributed by atoms with van der Waals surface area (Å²) in [5, 5.41) is 2.89. The van der Waals surface area contributed by atoms with Gasteiger partial charge in [0.2, 0.25) is 5.91 Å². The molecule has 0 saturated heterocycles. The van der Waals surface area contributed by atoms with E-state index in [0.717, 1.165) is 9.26 Å². The normalized spacial score (nSPS) is 12.6. The van der Waals surface area contributed by atoms with Gasteiger partial charge in [0.15, 0.2) is 0 Å². The van der Waals surface area contributed by atoms with Crippen molar-refractivity contribution in [3.63, 3.8) is 0 Å². The van der Waals surface area contributed by atoms with E-state index < -0.39 is 0 Å². The summed E-state index contributed by atoms with van der Waals surface area (Å²) in [5.41, 5.74) is 6.43. The van der Waals surface area contributed by atoms with Crippen molar-refractivity contribution in [2.75, 3.05) is 11.9 Å². The standard InChI is InChI=1S/C12H17IN2O/c1-8(2)11(7-14)12(16)15-10-5-3-4-9(13)6-10/h3-6,8,11H,7,14H2,1-2H3,(H,15,16). The lowest BCUT2D eigenvalue weighted by Gasteiger charge is -2.18. The lowest BCUT2D eigenvalue weighted by molar-refractivity contribution is -0.120. The molecule has 0 heterocycles. The van der Waals surface area contributed by atoms with Gasteiger partial charge in [-0.1, -0.05) is 19.9 Å². The highest BCUT2D eigenvalue weighted by Gasteiger charge is 2.20. The van der Waals surface area contributed by atoms with Gasteiger partial charge in [-0.15, -0.1) is 0 Å². The summed E-state index contributed by atoms with van der Waals surface area (Å²) in [5.74, 6) is 0.130. The third kappa shape index (κ3) is 3.75. The fourth-order valence-corrected chi connectivity index (χ4v) is 2.03. The van der Waals surface area contributed by atoms with E-state index >= 15 is 0 Å². The van der Waals surface area contributed by atoms with E-state index in [9.17, 15) is 4.79 Å². The summed E-state index contributed by atoms with van der Waals surface area (Å²) in [6, 6.07) is 7.73. The predicted octanol–water partition coefficient (Wildman–Crippen LogP) is 2.46. The highest BCUT2D eigenvalue weighted by molar-refractivity contribution is 14.1. The van der Waals surface area contributed by atoms with Crippen LogP contribution in [0, 0.1) is 15.4 Å². The Morgan fingerprint density at radius 2 is 2.19 bits per heavy atom. The number of nitrogens with two attached hydrogens (primary N) is 1. The highest BCUT2D eigenvalue weighted by atomic mass is 127. The lowest BCUT2D eigenvalue weighted by Crippen LogP contribution is -2.33. The monoisotopic (exact) mass is 332 g/mol. The molecular weight excluding hydrogens is 315 g/mol. The molecule has 1 atom stereocenters. The number of carbonyl (C=O) groups is 1. The fraction of sp³-hybridized carbons (Fsp3) is 0.417. The Balaban J connectivity index is 2.70. The van der Waals surface area contributed by atoms with E-state index in [-0.39, 0.29) is 17.7 Å². The molecule has 88 valence electrons. The summed E-state index contributed by atoms with van der Waals surface area (Å²) >= 11 is 2.22. The first kappa shape index (κ1) is 13.4. The summed E-state index contributed by atoms with van der Waals surface area (Å²) in [6.07, 6.45) is 0. The van der Waals surface area contributed by atoms with Crippen molar-refractivity contribution in [2.45, 2.75) is 13.8 Å². The van der Waals surface area contributed by atoms with Crippen LogP contribution in [0.1, 0.15) is 13.8 Å². The largest absolute Gasteiger partial charge is 0.330 e. The molecule has 0 aliphatic heterocycles. The van der Waals surface area contributed by atoms with Gasteiger partial charge < -0.3 is 11.1 Å². The maximum Gasteiger partial charge on any atom is 0.229 e. The van der Waals surface area contributed by atoms with Crippen LogP contribution >= 0.6 is 22.6 Å². The molecule has 0 spiro atoms. The number of benzene rings is 1. The first-order valence-electron chi connectivity index (χ1n) is 5.31. The van der Waals surface area contributed by atoms with Gasteiger partial charge >= 0.3 is 0 Å². The second-order valence-electron chi connectivity index (χ2n) is 4.09. The number of anilines is 1. The molecule has 3 nitrogen and oxygen atoms in total. The molecule has 1 aromatic rings. The summed E-state index contributed by atoms with van der Waals surface area (Å²) in [6.45, 7) is 4.39. The van der Waals surface area contributed by atoms with Crippen LogP contribution in [-0.2, 0) is 4.79 Å². The average Bonchev–Trinajstić information content (AvgIpc) is 2.17. The molecule has 0 saturated carbocycles. The van der Waals surface area contributed by atoms with E-state index in [0.29, 0.717) is 6.54 Å². The topological polar surface area (TPSA) is 55.1 Å². The van der Waals surface area contributed by atoms with Crippen molar-refractivity contribution in [2.24, 2.45) is 17.6 Å². The van der Waals surface area contributed by atoms with Gasteiger partial charge in [-0.2, -0.15) is 0 Å². The van der Waals surface area contributed by atoms with Crippen LogP contribution in [0.15, 0.2) is 24.3 Å². The summed E-state index contributed by atoms with van der Waals surface area (Å²) in [4.78, 5) is 11.9. The maximum absolute atomic E-state index is 11.9. The van der Waals surface area contributed by atoms with Crippen LogP contribution < -0.4 is 11.1 Å². The molecule has 1 amide bonds. The Kier molecular flexibility index (Phi) is 5.21. The van der Waals surface area contributed by atoms with E-state index in [1.807, 2.05) is 38.1 Å². The Morgan fingerprint density at radius 1 is 1.50 bits per heavy atom. The molecule has 1 unspecified atom stereocenters. The highest BCUT2D eigenvalue weighted by Crippen LogP contribution is 2.16. The van der Waals surface area contributed by atoms with Gasteiger partial charge in [-0.05, 0) is 46.7 Å². The smallest absolute Gasteiger partial charge is 0.229 e. The Morgan fingerprint density at radius 3 is 2.69 bits per heavy atom. The molecule has 1 aromatic carbocycles. The van der Waals surface area contributed by atoms with Gasteiger partial charge in [0.25, 0.3) is 0 Å². The number of rotatable bonds is 4. The number of carbonyl (C=O) groups excluding carboxylic acids is 1. The number of nitrogens with one attached hydrogen (secondary N) is 1. The lowest BCUT2D eigenvalue weighted by atomic mass is 9.95. The number of hydrogen-bond donors (Lipinski definition) is 2. The van der Waals surface area contributed by atoms with E-state index in [2.05, 4.69) is 27.9 Å². The molecule has 16 heavy (non-hydrogen) atoms. The van der Waals surface area contributed by atoms with Crippen LogP contribution in [0.4, 0.5) is 5.69 Å². The summed E-state index contributed by atoms with van der Waals surface area (Å²) in [7, 11) is 0. The minimum atomic E-state index is -0.127. The third-order valence-electron chi connectivity index (χ3n) is 2.49. The van der Waals surface area contributed by atoms with Crippen LogP contribution in [0.5, 0.6) is 0 Å². The van der Waals surface area contributed by atoms with E-state index in [4.69, 9.17) is 5.73 Å². The minimum Gasteiger partial charge on any atom is -0.330 e. The van der Waals surface area contributed by atoms with Crippen molar-refractivity contribution in [1.82, 2.24) is 0 Å². The van der Waals surface area contributed by atoms with Gasteiger partial charge in [0.1, 0.15) is 0 Å². The molecule has 0 aliphatic rings. The molecule has 4 heteroatoms. The molecule has 0 aromatic heterocycles. The zero-order valence-electron chi connectivity index (χ0n) is 9.53. The van der Waals surface area contributed by atoms with Gasteiger partial charge in [-0.3, -0.25) is 4.79 Å². The number of amides is 1. The summed E-state index contributed by atoms with van der Waals surface area (Å²) < 4.78 is 1.10. The number of halogens is 1. The zero-order valence-corrected chi connectivity index (χ0v) is 11.7. The van der Waals surface area contributed by atoms with Crippen molar-refractivity contribution in [3.8, 4) is 0 Å². The molecule has 1 rings (SSSR count). The molecule has 0 radical (unpaired) electrons. The van der Waals surface area contributed by atoms with Gasteiger partial charge in [0, 0.05) is 15.8 Å². The van der Waals surface area contributed by atoms with Crippen molar-refractivity contribution >= 4 is 34.2 Å². The third-order valence-corrected chi connectivity index (χ3v) is 3.16. The first-order valence-corrected chi connectivity index (χ1v) is 6.39. The second kappa shape index (κ2) is 6.20. The van der Waals surface area contributed by atoms with Crippen LogP contribution in [0.3, 0.4) is 0 Å². The van der Waals surface area contributed by atoms with Crippen molar-refractivity contribution in [1.29, 1.82) is 0 Å². The molecule has 0 aliphatic carbocycles. The maximum atomic E-state index is 11.9. The average molecular weight is 332 g/mol. The SMILES string of the molecule is CC(C)C(CN)C(=O)Nc1cccc(I)c1.